The smallest absolute Gasteiger partial charge is 0.150 e. The fourth-order valence-electron chi connectivity index (χ4n) is 1.49. The van der Waals surface area contributed by atoms with Gasteiger partial charge < -0.3 is 15.7 Å². The molecule has 0 radical (unpaired) electrons. The molecular weight excluding hydrogens is 261 g/mol. The Labute approximate surface area is 111 Å². The Morgan fingerprint density at radius 2 is 2.06 bits per heavy atom. The van der Waals surface area contributed by atoms with Crippen molar-refractivity contribution in [2.45, 2.75) is 19.8 Å². The number of nitrogens with two attached hydrogens (primary N) is 1. The zero-order chi connectivity index (χ0) is 12.8. The first kappa shape index (κ1) is 14.4. The Morgan fingerprint density at radius 3 is 2.65 bits per heavy atom. The summed E-state index contributed by atoms with van der Waals surface area (Å²) in [5, 5.41) is 9.84. The largest absolute Gasteiger partial charge is 0.395 e. The molecule has 0 saturated carbocycles. The van der Waals surface area contributed by atoms with Crippen LogP contribution in [-0.2, 0) is 0 Å². The maximum Gasteiger partial charge on any atom is 0.150 e. The van der Waals surface area contributed by atoms with Crippen molar-refractivity contribution < 1.29 is 5.11 Å². The van der Waals surface area contributed by atoms with E-state index in [0.717, 1.165) is 19.4 Å². The number of rotatable bonds is 6. The van der Waals surface area contributed by atoms with E-state index in [1.54, 1.807) is 6.07 Å². The van der Waals surface area contributed by atoms with Crippen LogP contribution in [0.2, 0.25) is 10.0 Å². The van der Waals surface area contributed by atoms with E-state index in [2.05, 4.69) is 11.9 Å². The summed E-state index contributed by atoms with van der Waals surface area (Å²) in [6.07, 6.45) is 2.06. The Kier molecular flexibility index (Phi) is 5.82. The predicted molar refractivity (Wildman–Crippen MR) is 72.9 cm³/mol. The molecule has 0 amide bonds. The lowest BCUT2D eigenvalue weighted by Gasteiger charge is -2.24. The van der Waals surface area contributed by atoms with Gasteiger partial charge in [0.15, 0.2) is 0 Å². The number of aliphatic hydroxyl groups excluding tert-OH is 1. The third-order valence-electron chi connectivity index (χ3n) is 2.39. The molecule has 1 aromatic rings. The van der Waals surface area contributed by atoms with E-state index in [1.807, 2.05) is 4.90 Å². The molecule has 6 heteroatoms. The first-order valence-electron chi connectivity index (χ1n) is 5.57. The van der Waals surface area contributed by atoms with Gasteiger partial charge in [0, 0.05) is 13.1 Å². The standard InChI is InChI=1S/C11H17Cl2N3O/c1-2-3-4-16(5-6-17)11-9(13)7-8(12)10(14)15-11/h7,17H,2-6H2,1H3,(H2,14,15). The molecule has 0 aliphatic heterocycles. The van der Waals surface area contributed by atoms with E-state index >= 15 is 0 Å². The third-order valence-corrected chi connectivity index (χ3v) is 2.97. The number of pyridine rings is 1. The topological polar surface area (TPSA) is 62.4 Å². The SMILES string of the molecule is CCCCN(CCO)c1nc(N)c(Cl)cc1Cl. The van der Waals surface area contributed by atoms with Crippen molar-refractivity contribution in [2.24, 2.45) is 0 Å². The minimum absolute atomic E-state index is 0.0459. The van der Waals surface area contributed by atoms with Crippen LogP contribution in [0.1, 0.15) is 19.8 Å². The number of nitrogen functional groups attached to an aromatic ring is 1. The molecule has 96 valence electrons. The van der Waals surface area contributed by atoms with Crippen LogP contribution in [0.4, 0.5) is 11.6 Å². The van der Waals surface area contributed by atoms with Crippen molar-refractivity contribution in [2.75, 3.05) is 30.3 Å². The van der Waals surface area contributed by atoms with Crippen LogP contribution in [0.5, 0.6) is 0 Å². The molecule has 1 heterocycles. The number of aliphatic hydroxyl groups is 1. The third kappa shape index (κ3) is 3.91. The molecule has 0 aliphatic carbocycles. The minimum atomic E-state index is 0.0459. The van der Waals surface area contributed by atoms with E-state index in [9.17, 15) is 0 Å². The van der Waals surface area contributed by atoms with E-state index in [4.69, 9.17) is 34.0 Å². The summed E-state index contributed by atoms with van der Waals surface area (Å²) in [6, 6.07) is 1.58. The lowest BCUT2D eigenvalue weighted by atomic mass is 10.3. The lowest BCUT2D eigenvalue weighted by molar-refractivity contribution is 0.301. The van der Waals surface area contributed by atoms with Gasteiger partial charge in [0.2, 0.25) is 0 Å². The van der Waals surface area contributed by atoms with Crippen LogP contribution in [0.3, 0.4) is 0 Å². The first-order valence-corrected chi connectivity index (χ1v) is 6.33. The highest BCUT2D eigenvalue weighted by Crippen LogP contribution is 2.30. The van der Waals surface area contributed by atoms with Gasteiger partial charge in [-0.25, -0.2) is 4.98 Å². The van der Waals surface area contributed by atoms with Crippen LogP contribution in [0, 0.1) is 0 Å². The highest BCUT2D eigenvalue weighted by atomic mass is 35.5. The van der Waals surface area contributed by atoms with Crippen molar-refractivity contribution >= 4 is 34.8 Å². The summed E-state index contributed by atoms with van der Waals surface area (Å²) in [6.45, 7) is 3.41. The lowest BCUT2D eigenvalue weighted by Crippen LogP contribution is -2.29. The monoisotopic (exact) mass is 277 g/mol. The van der Waals surface area contributed by atoms with Gasteiger partial charge in [0.1, 0.15) is 11.6 Å². The van der Waals surface area contributed by atoms with Crippen molar-refractivity contribution in [3.8, 4) is 0 Å². The number of nitrogens with zero attached hydrogens (tertiary/aromatic N) is 2. The van der Waals surface area contributed by atoms with Crippen molar-refractivity contribution in [3.05, 3.63) is 16.1 Å². The van der Waals surface area contributed by atoms with Crippen LogP contribution in [-0.4, -0.2) is 29.8 Å². The second kappa shape index (κ2) is 6.89. The summed E-state index contributed by atoms with van der Waals surface area (Å²) in [5.74, 6) is 0.835. The molecule has 1 aromatic heterocycles. The van der Waals surface area contributed by atoms with Gasteiger partial charge in [-0.2, -0.15) is 0 Å². The summed E-state index contributed by atoms with van der Waals surface area (Å²) < 4.78 is 0. The fourth-order valence-corrected chi connectivity index (χ4v) is 1.96. The van der Waals surface area contributed by atoms with E-state index in [-0.39, 0.29) is 12.4 Å². The number of anilines is 2. The molecule has 0 aliphatic rings. The molecule has 4 nitrogen and oxygen atoms in total. The van der Waals surface area contributed by atoms with Gasteiger partial charge >= 0.3 is 0 Å². The van der Waals surface area contributed by atoms with E-state index in [1.165, 1.54) is 0 Å². The summed E-state index contributed by atoms with van der Waals surface area (Å²) in [4.78, 5) is 6.09. The Bertz CT molecular complexity index is 374. The van der Waals surface area contributed by atoms with Gasteiger partial charge in [-0.15, -0.1) is 0 Å². The molecule has 0 saturated heterocycles. The molecule has 0 atom stereocenters. The molecule has 0 unspecified atom stereocenters. The number of aromatic nitrogens is 1. The molecule has 1 rings (SSSR count). The highest BCUT2D eigenvalue weighted by molar-refractivity contribution is 6.37. The first-order chi connectivity index (χ1) is 8.10. The summed E-state index contributed by atoms with van der Waals surface area (Å²) >= 11 is 11.9. The highest BCUT2D eigenvalue weighted by Gasteiger charge is 2.13. The minimum Gasteiger partial charge on any atom is -0.395 e. The van der Waals surface area contributed by atoms with Crippen LogP contribution in [0.25, 0.3) is 0 Å². The molecule has 0 aromatic carbocycles. The average Bonchev–Trinajstić information content (AvgIpc) is 2.29. The Balaban J connectivity index is 2.96. The van der Waals surface area contributed by atoms with Gasteiger partial charge in [0.05, 0.1) is 16.7 Å². The molecule has 17 heavy (non-hydrogen) atoms. The normalized spacial score (nSPS) is 10.6. The maximum atomic E-state index is 9.04. The van der Waals surface area contributed by atoms with Gasteiger partial charge in [0.25, 0.3) is 0 Å². The average molecular weight is 278 g/mol. The molecule has 0 bridgehead atoms. The predicted octanol–water partition coefficient (Wildman–Crippen LogP) is 2.57. The van der Waals surface area contributed by atoms with Crippen LogP contribution in [0.15, 0.2) is 6.07 Å². The zero-order valence-corrected chi connectivity index (χ0v) is 11.3. The van der Waals surface area contributed by atoms with E-state index < -0.39 is 0 Å². The Hall–Kier alpha value is -0.710. The van der Waals surface area contributed by atoms with Crippen molar-refractivity contribution in [3.63, 3.8) is 0 Å². The Morgan fingerprint density at radius 1 is 1.35 bits per heavy atom. The molecular formula is C11H17Cl2N3O. The second-order valence-corrected chi connectivity index (χ2v) is 4.54. The number of hydrogen-bond donors (Lipinski definition) is 2. The maximum absolute atomic E-state index is 9.04. The summed E-state index contributed by atoms with van der Waals surface area (Å²) in [5.41, 5.74) is 5.66. The van der Waals surface area contributed by atoms with Gasteiger partial charge in [-0.3, -0.25) is 0 Å². The van der Waals surface area contributed by atoms with Crippen molar-refractivity contribution in [1.82, 2.24) is 4.98 Å². The van der Waals surface area contributed by atoms with Gasteiger partial charge in [-0.1, -0.05) is 36.5 Å². The molecule has 0 fully saturated rings. The second-order valence-electron chi connectivity index (χ2n) is 3.73. The molecule has 0 spiro atoms. The van der Waals surface area contributed by atoms with Crippen LogP contribution >= 0.6 is 23.2 Å². The quantitative estimate of drug-likeness (QED) is 0.839. The number of unbranched alkanes of at least 4 members (excludes halogenated alkanes) is 1. The zero-order valence-electron chi connectivity index (χ0n) is 9.79. The van der Waals surface area contributed by atoms with E-state index in [0.29, 0.717) is 22.4 Å². The van der Waals surface area contributed by atoms with Gasteiger partial charge in [-0.05, 0) is 12.5 Å². The fraction of sp³-hybridized carbons (Fsp3) is 0.545. The van der Waals surface area contributed by atoms with Crippen LogP contribution < -0.4 is 10.6 Å². The van der Waals surface area contributed by atoms with Crippen molar-refractivity contribution in [1.29, 1.82) is 0 Å². The number of hydrogen-bond acceptors (Lipinski definition) is 4. The molecule has 3 N–H and O–H groups in total. The summed E-state index contributed by atoms with van der Waals surface area (Å²) in [7, 11) is 0. The number of halogens is 2.